The lowest BCUT2D eigenvalue weighted by atomic mass is 10.0. The van der Waals surface area contributed by atoms with Gasteiger partial charge in [0.15, 0.2) is 5.96 Å². The first-order valence-electron chi connectivity index (χ1n) is 11.7. The van der Waals surface area contributed by atoms with E-state index in [9.17, 15) is 22.8 Å². The molecule has 2 rings (SSSR count). The summed E-state index contributed by atoms with van der Waals surface area (Å²) in [4.78, 5) is 43.2. The van der Waals surface area contributed by atoms with E-state index in [4.69, 9.17) is 11.5 Å². The molecule has 1 fully saturated rings. The molecule has 2 amide bonds. The van der Waals surface area contributed by atoms with E-state index >= 15 is 0 Å². The van der Waals surface area contributed by atoms with E-state index in [1.807, 2.05) is 30.3 Å². The Bertz CT molecular complexity index is 995. The van der Waals surface area contributed by atoms with Gasteiger partial charge >= 0.3 is 0 Å². The predicted octanol–water partition coefficient (Wildman–Crippen LogP) is -0.346. The normalized spacial score (nSPS) is 17.6. The highest BCUT2D eigenvalue weighted by molar-refractivity contribution is 7.90. The molecule has 3 atom stereocenters. The number of hydrogen-bond donors (Lipinski definition) is 4. The van der Waals surface area contributed by atoms with Crippen molar-refractivity contribution in [3.63, 3.8) is 0 Å². The Balaban J connectivity index is 2.13. The Morgan fingerprint density at radius 3 is 2.51 bits per heavy atom. The number of aldehydes is 1. The topological polar surface area (TPSA) is 177 Å². The molecule has 1 saturated heterocycles. The van der Waals surface area contributed by atoms with E-state index in [-0.39, 0.29) is 12.4 Å². The number of rotatable bonds is 13. The van der Waals surface area contributed by atoms with Crippen molar-refractivity contribution in [2.24, 2.45) is 16.5 Å². The van der Waals surface area contributed by atoms with Gasteiger partial charge in [0.25, 0.3) is 0 Å². The van der Waals surface area contributed by atoms with Gasteiger partial charge in [-0.1, -0.05) is 30.3 Å². The fraction of sp³-hybridized carbons (Fsp3) is 0.565. The van der Waals surface area contributed by atoms with Crippen LogP contribution in [0.15, 0.2) is 35.3 Å². The lowest BCUT2D eigenvalue weighted by Gasteiger charge is -2.29. The second-order valence-corrected chi connectivity index (χ2v) is 11.1. The number of nitrogens with two attached hydrogens (primary N) is 2. The van der Waals surface area contributed by atoms with Crippen LogP contribution in [0, 0.1) is 0 Å². The van der Waals surface area contributed by atoms with Gasteiger partial charge in [-0.2, -0.15) is 0 Å². The van der Waals surface area contributed by atoms with Gasteiger partial charge < -0.3 is 26.5 Å². The number of benzene rings is 1. The van der Waals surface area contributed by atoms with Gasteiger partial charge in [0, 0.05) is 13.1 Å². The van der Waals surface area contributed by atoms with Crippen LogP contribution in [0.1, 0.15) is 45.1 Å². The van der Waals surface area contributed by atoms with Gasteiger partial charge in [-0.25, -0.2) is 13.1 Å². The van der Waals surface area contributed by atoms with Crippen molar-refractivity contribution in [2.45, 2.75) is 69.3 Å². The van der Waals surface area contributed by atoms with Crippen LogP contribution in [-0.2, 0) is 30.8 Å². The molecule has 12 heteroatoms. The van der Waals surface area contributed by atoms with Gasteiger partial charge in [0.2, 0.25) is 21.8 Å². The monoisotopic (exact) mass is 508 g/mol. The summed E-state index contributed by atoms with van der Waals surface area (Å²) in [5.41, 5.74) is 11.4. The molecule has 0 aromatic heterocycles. The quantitative estimate of drug-likeness (QED) is 0.122. The average molecular weight is 509 g/mol. The number of aliphatic imine (C=N–C) groups is 1. The minimum atomic E-state index is -3.74. The molecule has 1 aromatic carbocycles. The summed E-state index contributed by atoms with van der Waals surface area (Å²) in [5, 5.41) is 1.96. The van der Waals surface area contributed by atoms with Crippen LogP contribution in [0.2, 0.25) is 0 Å². The van der Waals surface area contributed by atoms with Crippen molar-refractivity contribution in [1.29, 1.82) is 0 Å². The van der Waals surface area contributed by atoms with Crippen LogP contribution in [0.3, 0.4) is 0 Å². The zero-order valence-corrected chi connectivity index (χ0v) is 21.0. The van der Waals surface area contributed by atoms with Gasteiger partial charge in [0.05, 0.1) is 11.3 Å². The van der Waals surface area contributed by atoms with Gasteiger partial charge in [-0.3, -0.25) is 14.6 Å². The molecule has 1 aromatic rings. The van der Waals surface area contributed by atoms with Crippen molar-refractivity contribution in [3.05, 3.63) is 35.9 Å². The Kier molecular flexibility index (Phi) is 10.6. The number of nitrogens with zero attached hydrogens (tertiary/aromatic N) is 2. The summed E-state index contributed by atoms with van der Waals surface area (Å²) in [7, 11) is -3.74. The zero-order valence-electron chi connectivity index (χ0n) is 20.2. The van der Waals surface area contributed by atoms with Crippen molar-refractivity contribution in [2.75, 3.05) is 13.1 Å². The second-order valence-electron chi connectivity index (χ2n) is 8.84. The fourth-order valence-electron chi connectivity index (χ4n) is 3.84. The third-order valence-corrected chi connectivity index (χ3v) is 7.66. The molecule has 1 heterocycles. The Morgan fingerprint density at radius 2 is 1.91 bits per heavy atom. The highest BCUT2D eigenvalue weighted by Crippen LogP contribution is 2.21. The third kappa shape index (κ3) is 8.62. The number of guanidine groups is 1. The van der Waals surface area contributed by atoms with Gasteiger partial charge in [0.1, 0.15) is 18.4 Å². The van der Waals surface area contributed by atoms with Crippen molar-refractivity contribution < 1.29 is 22.8 Å². The number of nitrogens with one attached hydrogen (secondary N) is 2. The summed E-state index contributed by atoms with van der Waals surface area (Å²) < 4.78 is 27.7. The van der Waals surface area contributed by atoms with Crippen LogP contribution in [0.25, 0.3) is 0 Å². The van der Waals surface area contributed by atoms with Crippen LogP contribution in [-0.4, -0.2) is 73.8 Å². The maximum absolute atomic E-state index is 13.5. The van der Waals surface area contributed by atoms with Crippen LogP contribution >= 0.6 is 0 Å². The van der Waals surface area contributed by atoms with Crippen molar-refractivity contribution >= 4 is 34.1 Å². The fourth-order valence-corrected chi connectivity index (χ4v) is 4.69. The molecule has 1 aliphatic heterocycles. The third-order valence-electron chi connectivity index (χ3n) is 5.81. The van der Waals surface area contributed by atoms with E-state index in [0.717, 1.165) is 5.56 Å². The molecule has 0 radical (unpaired) electrons. The lowest BCUT2D eigenvalue weighted by Crippen LogP contribution is -2.55. The highest BCUT2D eigenvalue weighted by atomic mass is 32.2. The first-order chi connectivity index (χ1) is 16.5. The maximum atomic E-state index is 13.5. The first kappa shape index (κ1) is 28.2. The van der Waals surface area contributed by atoms with Crippen LogP contribution < -0.4 is 21.5 Å². The van der Waals surface area contributed by atoms with Crippen LogP contribution in [0.4, 0.5) is 0 Å². The van der Waals surface area contributed by atoms with Gasteiger partial charge in [-0.15, -0.1) is 0 Å². The summed E-state index contributed by atoms with van der Waals surface area (Å²) in [6.45, 7) is 3.71. The van der Waals surface area contributed by atoms with Crippen LogP contribution in [0.5, 0.6) is 0 Å². The van der Waals surface area contributed by atoms with E-state index < -0.39 is 45.2 Å². The summed E-state index contributed by atoms with van der Waals surface area (Å²) >= 11 is 0. The molecule has 35 heavy (non-hydrogen) atoms. The molecular weight excluding hydrogens is 472 g/mol. The minimum absolute atomic E-state index is 0.0463. The Morgan fingerprint density at radius 1 is 1.23 bits per heavy atom. The highest BCUT2D eigenvalue weighted by Gasteiger charge is 2.39. The van der Waals surface area contributed by atoms with E-state index in [2.05, 4.69) is 15.0 Å². The largest absolute Gasteiger partial charge is 0.370 e. The smallest absolute Gasteiger partial charge is 0.243 e. The first-order valence-corrected chi connectivity index (χ1v) is 13.3. The molecule has 194 valence electrons. The standard InChI is InChI=1S/C23H36N6O5S/c1-16(2)35(33,34)28-19(14-17-8-4-3-5-9-17)22(32)29-13-7-11-20(29)21(31)27-18(15-30)10-6-12-26-23(24)25/h3-5,8-9,15-16,18-20,28H,6-7,10-14H2,1-2H3,(H,27,31)(H4,24,25,26)/t18-,19+,20-/m0/s1. The number of carbonyl (C=O) groups excluding carboxylic acids is 3. The molecule has 0 spiro atoms. The number of hydrogen-bond acceptors (Lipinski definition) is 6. The maximum Gasteiger partial charge on any atom is 0.243 e. The SMILES string of the molecule is CC(C)S(=O)(=O)N[C@H](Cc1ccccc1)C(=O)N1CCC[C@H]1C(=O)N[C@H](C=O)CCCN=C(N)N. The van der Waals surface area contributed by atoms with E-state index in [1.165, 1.54) is 18.7 Å². The molecule has 1 aliphatic rings. The molecule has 11 nitrogen and oxygen atoms in total. The van der Waals surface area contributed by atoms with Crippen molar-refractivity contribution in [3.8, 4) is 0 Å². The zero-order chi connectivity index (χ0) is 26.0. The average Bonchev–Trinajstić information content (AvgIpc) is 3.30. The number of carbonyl (C=O) groups is 3. The van der Waals surface area contributed by atoms with Crippen molar-refractivity contribution in [1.82, 2.24) is 14.9 Å². The molecule has 0 aliphatic carbocycles. The molecule has 0 bridgehead atoms. The molecular formula is C23H36N6O5S. The Labute approximate surface area is 206 Å². The molecule has 0 unspecified atom stereocenters. The number of amides is 2. The summed E-state index contributed by atoms with van der Waals surface area (Å²) in [6.07, 6.45) is 2.64. The van der Waals surface area contributed by atoms with E-state index in [0.29, 0.717) is 45.1 Å². The van der Waals surface area contributed by atoms with Gasteiger partial charge in [-0.05, 0) is 51.5 Å². The number of likely N-dealkylation sites (tertiary alicyclic amines) is 1. The Hall–Kier alpha value is -2.99. The lowest BCUT2D eigenvalue weighted by molar-refractivity contribution is -0.140. The molecule has 0 saturated carbocycles. The number of sulfonamides is 1. The minimum Gasteiger partial charge on any atom is -0.370 e. The second kappa shape index (κ2) is 13.2. The van der Waals surface area contributed by atoms with E-state index in [1.54, 1.807) is 0 Å². The predicted molar refractivity (Wildman–Crippen MR) is 134 cm³/mol. The summed E-state index contributed by atoms with van der Waals surface area (Å²) in [6, 6.07) is 6.50. The summed E-state index contributed by atoms with van der Waals surface area (Å²) in [5.74, 6) is -0.957. The molecule has 6 N–H and O–H groups in total.